The summed E-state index contributed by atoms with van der Waals surface area (Å²) in [5.41, 5.74) is 3.18. The first-order valence-corrected chi connectivity index (χ1v) is 7.44. The van der Waals surface area contributed by atoms with Gasteiger partial charge in [-0.05, 0) is 48.7 Å². The van der Waals surface area contributed by atoms with Gasteiger partial charge >= 0.3 is 0 Å². The highest BCUT2D eigenvalue weighted by atomic mass is 16.5. The van der Waals surface area contributed by atoms with Crippen LogP contribution >= 0.6 is 0 Å². The van der Waals surface area contributed by atoms with Crippen molar-refractivity contribution in [3.05, 3.63) is 65.2 Å². The van der Waals surface area contributed by atoms with Gasteiger partial charge in [-0.1, -0.05) is 30.3 Å². The number of ether oxygens (including phenoxy) is 1. The molecule has 114 valence electrons. The summed E-state index contributed by atoms with van der Waals surface area (Å²) in [7, 11) is 1.76. The summed E-state index contributed by atoms with van der Waals surface area (Å²) in [5, 5.41) is 0. The Balaban J connectivity index is 2.18. The fraction of sp³-hybridized carbons (Fsp3) is 0.263. The molecule has 0 saturated heterocycles. The first kappa shape index (κ1) is 16.0. The number of hydrogen-bond donors (Lipinski definition) is 0. The summed E-state index contributed by atoms with van der Waals surface area (Å²) in [4.78, 5) is 8.51. The summed E-state index contributed by atoms with van der Waals surface area (Å²) in [5.74, 6) is 0.825. The van der Waals surface area contributed by atoms with Crippen LogP contribution in [-0.2, 0) is 6.61 Å². The minimum atomic E-state index is 0.275. The van der Waals surface area contributed by atoms with Gasteiger partial charge in [0.15, 0.2) is 0 Å². The van der Waals surface area contributed by atoms with Gasteiger partial charge in [0.1, 0.15) is 12.4 Å². The zero-order chi connectivity index (χ0) is 15.8. The van der Waals surface area contributed by atoms with Gasteiger partial charge in [0, 0.05) is 25.5 Å². The topological polar surface area (TPSA) is 34.0 Å². The van der Waals surface area contributed by atoms with Crippen LogP contribution in [0.25, 0.3) is 0 Å². The predicted octanol–water partition coefficient (Wildman–Crippen LogP) is 4.14. The maximum Gasteiger partial charge on any atom is 0.121 e. The zero-order valence-corrected chi connectivity index (χ0v) is 13.4. The smallest absolute Gasteiger partial charge is 0.121 e. The minimum Gasteiger partial charge on any atom is -0.489 e. The van der Waals surface area contributed by atoms with Crippen molar-refractivity contribution in [3.63, 3.8) is 0 Å². The van der Waals surface area contributed by atoms with Gasteiger partial charge in [0.2, 0.25) is 0 Å². The fourth-order valence-corrected chi connectivity index (χ4v) is 2.00. The first-order valence-electron chi connectivity index (χ1n) is 7.44. The van der Waals surface area contributed by atoms with Gasteiger partial charge < -0.3 is 4.74 Å². The molecule has 0 aliphatic heterocycles. The average Bonchev–Trinajstić information content (AvgIpc) is 2.52. The Bertz CT molecular complexity index is 646. The molecule has 0 saturated carbocycles. The maximum absolute atomic E-state index is 5.90. The van der Waals surface area contributed by atoms with Crippen molar-refractivity contribution in [2.45, 2.75) is 26.5 Å². The van der Waals surface area contributed by atoms with Crippen LogP contribution in [0.15, 0.2) is 58.5 Å². The van der Waals surface area contributed by atoms with Crippen molar-refractivity contribution in [3.8, 4) is 5.75 Å². The molecule has 0 aromatic heterocycles. The SMILES string of the molecule is C/N=C/c1cc(/C=N/C(C)C)cc(OCc2ccccc2)c1. The molecule has 3 nitrogen and oxygen atoms in total. The van der Waals surface area contributed by atoms with E-state index in [0.717, 1.165) is 22.4 Å². The Hall–Kier alpha value is -2.42. The average molecular weight is 294 g/mol. The second-order valence-corrected chi connectivity index (χ2v) is 5.37. The normalized spacial score (nSPS) is 11.6. The summed E-state index contributed by atoms with van der Waals surface area (Å²) < 4.78 is 5.90. The highest BCUT2D eigenvalue weighted by Crippen LogP contribution is 2.17. The molecule has 0 atom stereocenters. The molecule has 0 aliphatic carbocycles. The second kappa shape index (κ2) is 8.13. The summed E-state index contributed by atoms with van der Waals surface area (Å²) in [6.07, 6.45) is 3.70. The van der Waals surface area contributed by atoms with Crippen LogP contribution in [0.5, 0.6) is 5.75 Å². The number of hydrogen-bond acceptors (Lipinski definition) is 3. The molecule has 2 aromatic rings. The summed E-state index contributed by atoms with van der Waals surface area (Å²) >= 11 is 0. The second-order valence-electron chi connectivity index (χ2n) is 5.37. The Morgan fingerprint density at radius 2 is 1.68 bits per heavy atom. The molecule has 0 fully saturated rings. The zero-order valence-electron chi connectivity index (χ0n) is 13.4. The van der Waals surface area contributed by atoms with E-state index in [4.69, 9.17) is 4.74 Å². The standard InChI is InChI=1S/C19H22N2O/c1-15(2)21-13-18-9-17(12-20-3)10-19(11-18)22-14-16-7-5-4-6-8-16/h4-13,15H,14H2,1-3H3/b20-12+,21-13+. The van der Waals surface area contributed by atoms with E-state index in [1.807, 2.05) is 48.8 Å². The highest BCUT2D eigenvalue weighted by Gasteiger charge is 2.01. The third-order valence-electron chi connectivity index (χ3n) is 3.00. The Morgan fingerprint density at radius 3 is 2.32 bits per heavy atom. The van der Waals surface area contributed by atoms with Crippen LogP contribution in [0.3, 0.4) is 0 Å². The van der Waals surface area contributed by atoms with E-state index in [1.54, 1.807) is 7.05 Å². The van der Waals surface area contributed by atoms with Crippen LogP contribution in [0, 0.1) is 0 Å². The molecule has 2 rings (SSSR count). The minimum absolute atomic E-state index is 0.275. The number of benzene rings is 2. The monoisotopic (exact) mass is 294 g/mol. The largest absolute Gasteiger partial charge is 0.489 e. The van der Waals surface area contributed by atoms with Crippen LogP contribution in [0.2, 0.25) is 0 Å². The van der Waals surface area contributed by atoms with Gasteiger partial charge in [-0.15, -0.1) is 0 Å². The lowest BCUT2D eigenvalue weighted by atomic mass is 10.1. The van der Waals surface area contributed by atoms with E-state index in [2.05, 4.69) is 36.0 Å². The van der Waals surface area contributed by atoms with Gasteiger partial charge in [0.25, 0.3) is 0 Å². The van der Waals surface area contributed by atoms with Gasteiger partial charge in [-0.2, -0.15) is 0 Å². The molecule has 0 radical (unpaired) electrons. The van der Waals surface area contributed by atoms with Gasteiger partial charge in [-0.25, -0.2) is 0 Å². The van der Waals surface area contributed by atoms with Crippen LogP contribution in [0.4, 0.5) is 0 Å². The van der Waals surface area contributed by atoms with E-state index < -0.39 is 0 Å². The number of rotatable bonds is 6. The lowest BCUT2D eigenvalue weighted by molar-refractivity contribution is 0.306. The predicted molar refractivity (Wildman–Crippen MR) is 93.5 cm³/mol. The molecule has 0 heterocycles. The third-order valence-corrected chi connectivity index (χ3v) is 3.00. The van der Waals surface area contributed by atoms with Crippen molar-refractivity contribution in [2.75, 3.05) is 7.05 Å². The molecule has 0 bridgehead atoms. The van der Waals surface area contributed by atoms with Gasteiger partial charge in [0.05, 0.1) is 0 Å². The Labute approximate surface area is 132 Å². The fourth-order valence-electron chi connectivity index (χ4n) is 2.00. The van der Waals surface area contributed by atoms with E-state index >= 15 is 0 Å². The lowest BCUT2D eigenvalue weighted by Gasteiger charge is -2.08. The summed E-state index contributed by atoms with van der Waals surface area (Å²) in [6.45, 7) is 4.66. The van der Waals surface area contributed by atoms with Crippen molar-refractivity contribution >= 4 is 12.4 Å². The summed E-state index contributed by atoms with van der Waals surface area (Å²) in [6, 6.07) is 16.5. The van der Waals surface area contributed by atoms with Crippen molar-refractivity contribution < 1.29 is 4.74 Å². The molecule has 0 unspecified atom stereocenters. The van der Waals surface area contributed by atoms with Crippen LogP contribution in [-0.4, -0.2) is 25.5 Å². The van der Waals surface area contributed by atoms with Crippen molar-refractivity contribution in [1.29, 1.82) is 0 Å². The number of aliphatic imine (C=N–C) groups is 2. The van der Waals surface area contributed by atoms with Crippen molar-refractivity contribution in [1.82, 2.24) is 0 Å². The Morgan fingerprint density at radius 1 is 1.00 bits per heavy atom. The molecule has 2 aromatic carbocycles. The van der Waals surface area contributed by atoms with E-state index in [9.17, 15) is 0 Å². The highest BCUT2D eigenvalue weighted by molar-refractivity contribution is 5.87. The lowest BCUT2D eigenvalue weighted by Crippen LogP contribution is -1.98. The van der Waals surface area contributed by atoms with Crippen LogP contribution < -0.4 is 4.74 Å². The molecule has 3 heteroatoms. The quantitative estimate of drug-likeness (QED) is 0.737. The molecule has 0 spiro atoms. The molecular formula is C19H22N2O. The van der Waals surface area contributed by atoms with Gasteiger partial charge in [-0.3, -0.25) is 9.98 Å². The van der Waals surface area contributed by atoms with E-state index in [1.165, 1.54) is 0 Å². The molecule has 0 aliphatic rings. The van der Waals surface area contributed by atoms with E-state index in [-0.39, 0.29) is 6.04 Å². The number of nitrogens with zero attached hydrogens (tertiary/aromatic N) is 2. The molecule has 0 amide bonds. The maximum atomic E-state index is 5.90. The van der Waals surface area contributed by atoms with Crippen LogP contribution in [0.1, 0.15) is 30.5 Å². The third kappa shape index (κ3) is 5.17. The molecule has 0 N–H and O–H groups in total. The van der Waals surface area contributed by atoms with E-state index in [0.29, 0.717) is 6.61 Å². The molecule has 22 heavy (non-hydrogen) atoms. The molecular weight excluding hydrogens is 272 g/mol. The van der Waals surface area contributed by atoms with Crippen molar-refractivity contribution in [2.24, 2.45) is 9.98 Å². The Kier molecular flexibility index (Phi) is 5.90. The first-order chi connectivity index (χ1) is 10.7.